The quantitative estimate of drug-likeness (QED) is 0.0677. The Bertz CT molecular complexity index is 1280. The molecule has 5 aliphatic heterocycles. The van der Waals surface area contributed by atoms with Crippen LogP contribution >= 0.6 is 0 Å². The van der Waals surface area contributed by atoms with Crippen molar-refractivity contribution in [3.8, 4) is 0 Å². The predicted octanol–water partition coefficient (Wildman–Crippen LogP) is -8.63. The summed E-state index contributed by atoms with van der Waals surface area (Å²) >= 11 is 0. The van der Waals surface area contributed by atoms with E-state index in [1.165, 1.54) is 13.0 Å². The van der Waals surface area contributed by atoms with Crippen molar-refractivity contribution in [1.29, 1.82) is 0 Å². The Morgan fingerprint density at radius 2 is 0.898 bits per heavy atom. The van der Waals surface area contributed by atoms with Gasteiger partial charge in [0, 0.05) is 44.1 Å². The summed E-state index contributed by atoms with van der Waals surface area (Å²) in [5.41, 5.74) is 8.98. The van der Waals surface area contributed by atoms with Crippen molar-refractivity contribution in [1.82, 2.24) is 0 Å². The zero-order chi connectivity index (χ0) is 42.7. The van der Waals surface area contributed by atoms with Crippen LogP contribution in [-0.2, 0) is 47.4 Å². The summed E-state index contributed by atoms with van der Waals surface area (Å²) in [7, 11) is 0. The molecule has 5 saturated heterocycles. The van der Waals surface area contributed by atoms with Gasteiger partial charge < -0.3 is 125 Å². The Hall–Kier alpha value is 0.182. The van der Waals surface area contributed by atoms with Gasteiger partial charge in [0.1, 0.15) is 110 Å². The van der Waals surface area contributed by atoms with Gasteiger partial charge in [-0.25, -0.2) is 0 Å². The largest absolute Gasteiger partial charge is 0.668 e. The van der Waals surface area contributed by atoms with Crippen LogP contribution in [0.5, 0.6) is 0 Å². The van der Waals surface area contributed by atoms with E-state index in [1.54, 1.807) is 0 Å². The molecule has 0 saturated carbocycles. The number of aliphatic hydroxyl groups is 14. The predicted molar refractivity (Wildman–Crippen MR) is 181 cm³/mol. The summed E-state index contributed by atoms with van der Waals surface area (Å²) in [5, 5.41) is 148. The molecule has 0 bridgehead atoms. The Morgan fingerprint density at radius 1 is 0.458 bits per heavy atom. The van der Waals surface area contributed by atoms with Gasteiger partial charge in [-0.3, -0.25) is 0 Å². The molecule has 0 spiro atoms. The number of hydrogen-bond donors (Lipinski definition) is 14. The van der Waals surface area contributed by atoms with E-state index < -0.39 is 180 Å². The molecule has 5 fully saturated rings. The fourth-order valence-corrected chi connectivity index (χ4v) is 7.25. The van der Waals surface area contributed by atoms with Gasteiger partial charge in [0.25, 0.3) is 0 Å². The second kappa shape index (κ2) is 22.9. The minimum absolute atomic E-state index is 0. The maximum atomic E-state index is 11.4. The van der Waals surface area contributed by atoms with Gasteiger partial charge in [0.05, 0.1) is 45.2 Å². The van der Waals surface area contributed by atoms with Crippen LogP contribution in [0.4, 0.5) is 0 Å². The monoisotopic (exact) mass is 1080 g/mol. The fraction of sp³-hybridized carbons (Fsp3) is 0.939. The third kappa shape index (κ3) is 11.2. The molecule has 1 radical (unpaired) electrons. The van der Waals surface area contributed by atoms with E-state index in [0.717, 1.165) is 0 Å². The van der Waals surface area contributed by atoms with Crippen LogP contribution < -0.4 is 0 Å². The van der Waals surface area contributed by atoms with Gasteiger partial charge in [-0.05, 0) is 6.92 Å². The van der Waals surface area contributed by atoms with Crippen LogP contribution in [0.25, 0.3) is 5.73 Å². The number of ether oxygens (including phenoxy) is 10. The van der Waals surface area contributed by atoms with Gasteiger partial charge in [-0.2, -0.15) is 0 Å². The molecule has 16 unspecified atom stereocenters. The second-order valence-electron chi connectivity index (χ2n) is 14.6. The van der Waals surface area contributed by atoms with Crippen LogP contribution in [0, 0.1) is 44.1 Å². The summed E-state index contributed by atoms with van der Waals surface area (Å²) in [4.78, 5) is 0. The molecule has 26 heteroatoms. The number of aliphatic hydroxyl groups excluding tert-OH is 14. The first kappa shape index (κ1) is 51.8. The molecule has 59 heavy (non-hydrogen) atoms. The molecule has 5 aliphatic rings. The first-order chi connectivity index (χ1) is 27.5. The number of rotatable bonds is 15. The molecule has 0 aromatic heterocycles. The van der Waals surface area contributed by atoms with Crippen LogP contribution in [0.15, 0.2) is 12.7 Å². The summed E-state index contributed by atoms with van der Waals surface area (Å²) in [5.74, 6) is 0. The molecule has 341 valence electrons. The smallest absolute Gasteiger partial charge is 0.187 e. The molecule has 25 atom stereocenters. The van der Waals surface area contributed by atoms with E-state index in [0.29, 0.717) is 0 Å². The van der Waals surface area contributed by atoms with Gasteiger partial charge in [-0.15, -0.1) is 6.58 Å². The maximum Gasteiger partial charge on any atom is 0.187 e. The summed E-state index contributed by atoms with van der Waals surface area (Å²) in [6.07, 6.45) is -40.4. The summed E-state index contributed by atoms with van der Waals surface area (Å²) in [6, 6.07) is -1.91. The van der Waals surface area contributed by atoms with Crippen molar-refractivity contribution in [2.45, 2.75) is 160 Å². The second-order valence-corrected chi connectivity index (χ2v) is 14.6. The van der Waals surface area contributed by atoms with E-state index in [2.05, 4.69) is 6.58 Å². The summed E-state index contributed by atoms with van der Waals surface area (Å²) in [6.45, 7) is 1.21. The Morgan fingerprint density at radius 3 is 1.49 bits per heavy atom. The van der Waals surface area contributed by atoms with Crippen molar-refractivity contribution in [2.75, 3.05) is 33.0 Å². The normalized spacial score (nSPS) is 50.8. The van der Waals surface area contributed by atoms with Gasteiger partial charge >= 0.3 is 0 Å². The van der Waals surface area contributed by atoms with E-state index in [1.807, 2.05) is 0 Å². The Balaban J connectivity index is 0.00000769. The zero-order valence-electron chi connectivity index (χ0n) is 31.7. The average molecular weight is 1080 g/mol. The van der Waals surface area contributed by atoms with Gasteiger partial charge in [0.2, 0.25) is 0 Å². The molecular weight excluding hydrogens is 1020 g/mol. The molecule has 25 nitrogen and oxygen atoms in total. The molecule has 0 amide bonds. The first-order valence-corrected chi connectivity index (χ1v) is 18.6. The van der Waals surface area contributed by atoms with E-state index >= 15 is 0 Å². The third-order valence-corrected chi connectivity index (χ3v) is 10.7. The third-order valence-electron chi connectivity index (χ3n) is 10.7. The van der Waals surface area contributed by atoms with Crippen molar-refractivity contribution < 1.29 is 163 Å². The topological polar surface area (TPSA) is 399 Å². The fourth-order valence-electron chi connectivity index (χ4n) is 7.25. The minimum Gasteiger partial charge on any atom is -0.668 e. The SMILES string of the molecule is C=CCO[C@@H]1OC(CO)[C@H](O[C@@H]2OC(CO)C(O)[C@H](OC3OC(CO)[C@H](O)C(O[C@@H]4OC(CO)[C@H](O)C(O)C4O[C@@H]4OC(C)[C@H](O)C(O)C4O)C3[NH-])C2O)C(O)C1O.[Ac]. The Kier molecular flexibility index (Phi) is 20.1. The maximum absolute atomic E-state index is 11.4. The van der Waals surface area contributed by atoms with Crippen molar-refractivity contribution >= 4 is 0 Å². The van der Waals surface area contributed by atoms with Gasteiger partial charge in [0.15, 0.2) is 25.2 Å². The zero-order valence-corrected chi connectivity index (χ0v) is 36.4. The molecule has 15 N–H and O–H groups in total. The van der Waals surface area contributed by atoms with Gasteiger partial charge in [-0.1, -0.05) is 12.1 Å². The number of nitrogens with one attached hydrogen (secondary N) is 1. The number of hydrogen-bond acceptors (Lipinski definition) is 24. The molecule has 0 aromatic carbocycles. The first-order valence-electron chi connectivity index (χ1n) is 18.6. The Labute approximate surface area is 372 Å². The van der Waals surface area contributed by atoms with E-state index in [4.69, 9.17) is 53.1 Å². The molecule has 5 rings (SSSR count). The molecular formula is C33H56AcNO24-. The molecule has 0 aliphatic carbocycles. The van der Waals surface area contributed by atoms with E-state index in [-0.39, 0.29) is 50.7 Å². The summed E-state index contributed by atoms with van der Waals surface area (Å²) < 4.78 is 56.2. The van der Waals surface area contributed by atoms with Crippen molar-refractivity contribution in [3.63, 3.8) is 0 Å². The van der Waals surface area contributed by atoms with Crippen molar-refractivity contribution in [2.24, 2.45) is 0 Å². The average Bonchev–Trinajstić information content (AvgIpc) is 3.21. The minimum atomic E-state index is -2.05. The van der Waals surface area contributed by atoms with E-state index in [9.17, 15) is 71.5 Å². The standard InChI is InChI=1S/C33H56NO24.Ac/c1-3-4-49-30-23(47)21(45)25(13(8-38)54-30)55-32-24(48)27(18(42)12(7-37)52-32)57-29-14(34)26(17(41)11(6-36)51-29)56-33-28(20(44)16(40)10(5-35)53-33)58-31-22(46)19(43)15(39)9(2)50-31;/h3,9-48H,1,4-8H2,2H3;/q-1;/t9?,10?,11?,12?,13?,14?,15-,16-,17-,18?,19?,20?,21?,22?,23?,24?,25-,26?,27-,28?,29?,30+,31-,32-,33-;/m0./s1. The van der Waals surface area contributed by atoms with Crippen molar-refractivity contribution in [3.05, 3.63) is 18.4 Å². The van der Waals surface area contributed by atoms with Crippen LogP contribution in [0.3, 0.4) is 0 Å². The van der Waals surface area contributed by atoms with Crippen LogP contribution in [-0.4, -0.2) is 258 Å². The molecule has 0 aromatic rings. The molecule has 5 heterocycles. The van der Waals surface area contributed by atoms with Crippen LogP contribution in [0.1, 0.15) is 6.92 Å². The van der Waals surface area contributed by atoms with Crippen LogP contribution in [0.2, 0.25) is 0 Å².